The van der Waals surface area contributed by atoms with Gasteiger partial charge in [0.1, 0.15) is 6.10 Å². The third-order valence-electron chi connectivity index (χ3n) is 5.58. The molecule has 1 N–H and O–H groups in total. The molecule has 0 amide bonds. The van der Waals surface area contributed by atoms with Gasteiger partial charge in [-0.05, 0) is 12.6 Å². The fourth-order valence-electron chi connectivity index (χ4n) is 3.72. The molecule has 0 aliphatic carbocycles. The van der Waals surface area contributed by atoms with Gasteiger partial charge in [-0.1, -0.05) is 42.5 Å². The van der Waals surface area contributed by atoms with Gasteiger partial charge in [-0.2, -0.15) is 0 Å². The van der Waals surface area contributed by atoms with Gasteiger partial charge >= 0.3 is 0 Å². The smallest absolute Gasteiger partial charge is 0.269 e. The normalized spacial score (nSPS) is 16.2. The molecule has 2 heterocycles. The average Bonchev–Trinajstić information content (AvgIpc) is 2.81. The molecule has 1 unspecified atom stereocenters. The van der Waals surface area contributed by atoms with Gasteiger partial charge in [0.25, 0.3) is 5.69 Å². The highest BCUT2D eigenvalue weighted by atomic mass is 16.6. The highest BCUT2D eigenvalue weighted by molar-refractivity contribution is 5.55. The number of nitrogens with zero attached hydrogens (tertiary/aromatic N) is 5. The molecule has 4 rings (SSSR count). The number of likely N-dealkylation sites (N-methyl/N-ethyl adjacent to an activating group) is 1. The van der Waals surface area contributed by atoms with Crippen LogP contribution in [0.15, 0.2) is 60.8 Å². The Morgan fingerprint density at radius 3 is 2.55 bits per heavy atom. The minimum absolute atomic E-state index is 0.0606. The second-order valence-corrected chi connectivity index (χ2v) is 7.80. The van der Waals surface area contributed by atoms with E-state index < -0.39 is 11.0 Å². The van der Waals surface area contributed by atoms with Crippen LogP contribution in [0.25, 0.3) is 11.4 Å². The first-order valence-corrected chi connectivity index (χ1v) is 10.3. The molecule has 1 aromatic heterocycles. The number of non-ortho nitro benzene ring substituents is 1. The summed E-state index contributed by atoms with van der Waals surface area (Å²) in [6.45, 7) is 4.41. The van der Waals surface area contributed by atoms with E-state index in [4.69, 9.17) is 4.98 Å². The average molecular weight is 419 g/mol. The molecule has 8 nitrogen and oxygen atoms in total. The SMILES string of the molecule is CN1CCN(Cc2cnc(-c3ccccc3)nc2C(O)c2cccc([N+](=O)[O-])c2)CC1. The predicted molar refractivity (Wildman–Crippen MR) is 117 cm³/mol. The Morgan fingerprint density at radius 2 is 1.84 bits per heavy atom. The van der Waals surface area contributed by atoms with E-state index in [1.165, 1.54) is 12.1 Å². The molecule has 3 aromatic rings. The fourth-order valence-corrected chi connectivity index (χ4v) is 3.72. The predicted octanol–water partition coefficient (Wildman–Crippen LogP) is 2.88. The van der Waals surface area contributed by atoms with Crippen LogP contribution in [-0.2, 0) is 6.54 Å². The first-order valence-electron chi connectivity index (χ1n) is 10.3. The van der Waals surface area contributed by atoms with Crippen LogP contribution in [0.1, 0.15) is 22.9 Å². The summed E-state index contributed by atoms with van der Waals surface area (Å²) in [5.74, 6) is 0.516. The summed E-state index contributed by atoms with van der Waals surface area (Å²) >= 11 is 0. The number of rotatable bonds is 6. The van der Waals surface area contributed by atoms with Gasteiger partial charge in [-0.3, -0.25) is 15.0 Å². The third-order valence-corrected chi connectivity index (χ3v) is 5.58. The van der Waals surface area contributed by atoms with Crippen LogP contribution >= 0.6 is 0 Å². The van der Waals surface area contributed by atoms with E-state index in [9.17, 15) is 15.2 Å². The Kier molecular flexibility index (Phi) is 6.31. The topological polar surface area (TPSA) is 95.6 Å². The van der Waals surface area contributed by atoms with Crippen LogP contribution in [-0.4, -0.2) is 63.0 Å². The van der Waals surface area contributed by atoms with Crippen molar-refractivity contribution >= 4 is 5.69 Å². The summed E-state index contributed by atoms with van der Waals surface area (Å²) in [6, 6.07) is 15.6. The molecule has 1 aliphatic rings. The van der Waals surface area contributed by atoms with Gasteiger partial charge < -0.3 is 10.0 Å². The van der Waals surface area contributed by atoms with Crippen molar-refractivity contribution in [3.8, 4) is 11.4 Å². The number of nitro benzene ring substituents is 1. The summed E-state index contributed by atoms with van der Waals surface area (Å²) in [7, 11) is 2.10. The Hall–Kier alpha value is -3.20. The molecule has 1 fully saturated rings. The lowest BCUT2D eigenvalue weighted by Crippen LogP contribution is -2.44. The minimum atomic E-state index is -1.09. The molecule has 1 atom stereocenters. The Labute approximate surface area is 181 Å². The van der Waals surface area contributed by atoms with Crippen molar-refractivity contribution in [2.45, 2.75) is 12.6 Å². The van der Waals surface area contributed by atoms with Crippen molar-refractivity contribution in [3.63, 3.8) is 0 Å². The lowest BCUT2D eigenvalue weighted by Gasteiger charge is -2.32. The zero-order valence-electron chi connectivity index (χ0n) is 17.4. The van der Waals surface area contributed by atoms with E-state index in [2.05, 4.69) is 21.8 Å². The van der Waals surface area contributed by atoms with Crippen molar-refractivity contribution in [1.29, 1.82) is 0 Å². The molecule has 1 aliphatic heterocycles. The molecular weight excluding hydrogens is 394 g/mol. The van der Waals surface area contributed by atoms with Crippen LogP contribution in [0.5, 0.6) is 0 Å². The monoisotopic (exact) mass is 419 g/mol. The van der Waals surface area contributed by atoms with Crippen molar-refractivity contribution in [3.05, 3.63) is 87.7 Å². The Bertz CT molecular complexity index is 1050. The van der Waals surface area contributed by atoms with E-state index in [-0.39, 0.29) is 5.69 Å². The molecule has 8 heteroatoms. The van der Waals surface area contributed by atoms with Crippen molar-refractivity contribution in [2.75, 3.05) is 33.2 Å². The molecule has 0 radical (unpaired) electrons. The zero-order valence-corrected chi connectivity index (χ0v) is 17.4. The molecule has 0 spiro atoms. The van der Waals surface area contributed by atoms with E-state index in [1.54, 1.807) is 18.3 Å². The molecule has 1 saturated heterocycles. The lowest BCUT2D eigenvalue weighted by molar-refractivity contribution is -0.385. The van der Waals surface area contributed by atoms with Gasteiger partial charge in [0.2, 0.25) is 0 Å². The summed E-state index contributed by atoms with van der Waals surface area (Å²) < 4.78 is 0. The van der Waals surface area contributed by atoms with E-state index in [0.717, 1.165) is 37.3 Å². The highest BCUT2D eigenvalue weighted by Gasteiger charge is 2.23. The van der Waals surface area contributed by atoms with Gasteiger partial charge in [0.05, 0.1) is 10.6 Å². The van der Waals surface area contributed by atoms with Crippen molar-refractivity contribution in [2.24, 2.45) is 0 Å². The number of hydrogen-bond acceptors (Lipinski definition) is 7. The molecule has 31 heavy (non-hydrogen) atoms. The summed E-state index contributed by atoms with van der Waals surface area (Å²) in [6.07, 6.45) is 0.677. The number of aliphatic hydroxyl groups excluding tert-OH is 1. The van der Waals surface area contributed by atoms with Crippen LogP contribution in [0.2, 0.25) is 0 Å². The Balaban J connectivity index is 1.71. The maximum atomic E-state index is 11.2. The molecule has 0 bridgehead atoms. The molecular formula is C23H25N5O3. The van der Waals surface area contributed by atoms with Gasteiger partial charge in [0, 0.05) is 62.2 Å². The first-order chi connectivity index (χ1) is 15.0. The quantitative estimate of drug-likeness (QED) is 0.485. The maximum Gasteiger partial charge on any atom is 0.269 e. The van der Waals surface area contributed by atoms with Crippen LogP contribution in [0.4, 0.5) is 5.69 Å². The van der Waals surface area contributed by atoms with Gasteiger partial charge in [0.15, 0.2) is 5.82 Å². The molecule has 0 saturated carbocycles. The minimum Gasteiger partial charge on any atom is -0.382 e. The first kappa shape index (κ1) is 21.0. The highest BCUT2D eigenvalue weighted by Crippen LogP contribution is 2.28. The standard InChI is InChI=1S/C23H25N5O3/c1-26-10-12-27(13-11-26)16-19-15-24-23(17-6-3-2-4-7-17)25-21(19)22(29)18-8-5-9-20(14-18)28(30)31/h2-9,14-15,22,29H,10-13,16H2,1H3. The van der Waals surface area contributed by atoms with Crippen LogP contribution < -0.4 is 0 Å². The van der Waals surface area contributed by atoms with Crippen LogP contribution in [0, 0.1) is 10.1 Å². The van der Waals surface area contributed by atoms with Gasteiger partial charge in [-0.15, -0.1) is 0 Å². The largest absolute Gasteiger partial charge is 0.382 e. The number of piperazine rings is 1. The second kappa shape index (κ2) is 9.30. The summed E-state index contributed by atoms with van der Waals surface area (Å²) in [4.78, 5) is 24.6. The lowest BCUT2D eigenvalue weighted by atomic mass is 10.0. The molecule has 160 valence electrons. The van der Waals surface area contributed by atoms with E-state index >= 15 is 0 Å². The summed E-state index contributed by atoms with van der Waals surface area (Å²) in [5, 5.41) is 22.4. The van der Waals surface area contributed by atoms with E-state index in [1.807, 2.05) is 30.3 Å². The van der Waals surface area contributed by atoms with Crippen LogP contribution in [0.3, 0.4) is 0 Å². The van der Waals surface area contributed by atoms with Crippen molar-refractivity contribution in [1.82, 2.24) is 19.8 Å². The van der Waals surface area contributed by atoms with Gasteiger partial charge in [-0.25, -0.2) is 9.97 Å². The number of nitro groups is 1. The fraction of sp³-hybridized carbons (Fsp3) is 0.304. The summed E-state index contributed by atoms with van der Waals surface area (Å²) in [5.41, 5.74) is 2.53. The van der Waals surface area contributed by atoms with E-state index in [0.29, 0.717) is 23.6 Å². The zero-order chi connectivity index (χ0) is 21.8. The number of aromatic nitrogens is 2. The molecule has 2 aromatic carbocycles. The second-order valence-electron chi connectivity index (χ2n) is 7.80. The number of benzene rings is 2. The number of aliphatic hydroxyl groups is 1. The Morgan fingerprint density at radius 1 is 1.10 bits per heavy atom. The van der Waals surface area contributed by atoms with Crippen molar-refractivity contribution < 1.29 is 10.0 Å². The number of hydrogen-bond donors (Lipinski definition) is 1. The third kappa shape index (κ3) is 4.93. The maximum absolute atomic E-state index is 11.2.